The molecule has 10 rings (SSSR count). The maximum Gasteiger partial charge on any atom is 0.160 e. The van der Waals surface area contributed by atoms with Gasteiger partial charge in [-0.2, -0.15) is 0 Å². The van der Waals surface area contributed by atoms with Gasteiger partial charge in [-0.25, -0.2) is 9.97 Å². The quantitative estimate of drug-likeness (QED) is 0.177. The lowest BCUT2D eigenvalue weighted by Crippen LogP contribution is -1.96. The SMILES string of the molecule is c1ccc(-c2ccc(-c3cc(-c4ccc(-c5ccccc5)cc4)nc(-c4ccc(-c5cc6c7c(cccc7c5)-c5ccccc5-6)cc4)n3)cc2)cc1. The van der Waals surface area contributed by atoms with E-state index in [2.05, 4.69) is 182 Å². The van der Waals surface area contributed by atoms with Gasteiger partial charge in [0.2, 0.25) is 0 Å². The molecule has 0 aliphatic heterocycles. The van der Waals surface area contributed by atoms with E-state index in [-0.39, 0.29) is 0 Å². The van der Waals surface area contributed by atoms with Crippen molar-refractivity contribution < 1.29 is 0 Å². The molecule has 0 amide bonds. The standard InChI is InChI=1S/C50H32N2/c1-3-10-33(11-4-1)35-18-24-38(25-19-35)47-32-48(39-26-20-36(21-27-39)34-12-5-2-6-13-34)52-50(51-47)40-28-22-37(23-29-40)42-30-41-14-9-17-45-43-15-7-8-16-44(43)46(31-42)49(41)45/h1-32H. The highest BCUT2D eigenvalue weighted by atomic mass is 14.9. The van der Waals surface area contributed by atoms with E-state index in [1.165, 1.54) is 66.4 Å². The first-order valence-electron chi connectivity index (χ1n) is 17.7. The second kappa shape index (κ2) is 12.5. The molecule has 1 aliphatic carbocycles. The summed E-state index contributed by atoms with van der Waals surface area (Å²) in [4.78, 5) is 10.3. The number of fused-ring (bicyclic) bond motifs is 3. The van der Waals surface area contributed by atoms with Crippen molar-refractivity contribution in [1.29, 1.82) is 0 Å². The highest BCUT2D eigenvalue weighted by molar-refractivity contribution is 6.16. The summed E-state index contributed by atoms with van der Waals surface area (Å²) in [6.07, 6.45) is 0. The van der Waals surface area contributed by atoms with Crippen LogP contribution in [0.3, 0.4) is 0 Å². The topological polar surface area (TPSA) is 25.8 Å². The molecule has 2 heteroatoms. The van der Waals surface area contributed by atoms with Gasteiger partial charge >= 0.3 is 0 Å². The molecule has 0 fully saturated rings. The Morgan fingerprint density at radius 1 is 0.250 bits per heavy atom. The van der Waals surface area contributed by atoms with Crippen molar-refractivity contribution in [1.82, 2.24) is 9.97 Å². The van der Waals surface area contributed by atoms with Gasteiger partial charge in [0.1, 0.15) is 0 Å². The van der Waals surface area contributed by atoms with E-state index >= 15 is 0 Å². The van der Waals surface area contributed by atoms with Crippen LogP contribution in [0.1, 0.15) is 0 Å². The second-order valence-electron chi connectivity index (χ2n) is 13.4. The van der Waals surface area contributed by atoms with Crippen molar-refractivity contribution in [2.45, 2.75) is 0 Å². The van der Waals surface area contributed by atoms with Crippen LogP contribution in [0.15, 0.2) is 194 Å². The summed E-state index contributed by atoms with van der Waals surface area (Å²) >= 11 is 0. The van der Waals surface area contributed by atoms with Crippen LogP contribution < -0.4 is 0 Å². The van der Waals surface area contributed by atoms with Crippen molar-refractivity contribution >= 4 is 10.8 Å². The van der Waals surface area contributed by atoms with E-state index in [0.717, 1.165) is 28.1 Å². The largest absolute Gasteiger partial charge is 0.228 e. The van der Waals surface area contributed by atoms with E-state index in [0.29, 0.717) is 5.82 Å². The number of nitrogens with zero attached hydrogens (tertiary/aromatic N) is 2. The lowest BCUT2D eigenvalue weighted by Gasteiger charge is -2.12. The van der Waals surface area contributed by atoms with E-state index in [4.69, 9.17) is 9.97 Å². The third-order valence-corrected chi connectivity index (χ3v) is 10.3. The van der Waals surface area contributed by atoms with Crippen LogP contribution in [0.4, 0.5) is 0 Å². The van der Waals surface area contributed by atoms with Crippen LogP contribution in [-0.2, 0) is 0 Å². The molecule has 52 heavy (non-hydrogen) atoms. The van der Waals surface area contributed by atoms with E-state index in [1.807, 2.05) is 12.1 Å². The van der Waals surface area contributed by atoms with Crippen LogP contribution in [0.25, 0.3) is 100 Å². The zero-order valence-electron chi connectivity index (χ0n) is 28.4. The number of benzene rings is 8. The molecule has 0 atom stereocenters. The van der Waals surface area contributed by atoms with Gasteiger partial charge in [-0.05, 0) is 84.6 Å². The van der Waals surface area contributed by atoms with E-state index in [9.17, 15) is 0 Å². The fourth-order valence-electron chi connectivity index (χ4n) is 7.60. The van der Waals surface area contributed by atoms with E-state index < -0.39 is 0 Å². The zero-order chi connectivity index (χ0) is 34.4. The molecule has 0 radical (unpaired) electrons. The molecule has 0 bridgehead atoms. The molecule has 8 aromatic carbocycles. The molecule has 1 aliphatic rings. The number of hydrogen-bond donors (Lipinski definition) is 0. The Bertz CT molecular complexity index is 2630. The average Bonchev–Trinajstić information content (AvgIpc) is 3.56. The monoisotopic (exact) mass is 660 g/mol. The van der Waals surface area contributed by atoms with Gasteiger partial charge < -0.3 is 0 Å². The molecule has 0 saturated heterocycles. The Morgan fingerprint density at radius 2 is 0.673 bits per heavy atom. The minimum Gasteiger partial charge on any atom is -0.228 e. The predicted octanol–water partition coefficient (Wildman–Crippen LogP) is 13.3. The summed E-state index contributed by atoms with van der Waals surface area (Å²) in [6, 6.07) is 69.1. The first-order valence-corrected chi connectivity index (χ1v) is 17.7. The minimum atomic E-state index is 0.703. The summed E-state index contributed by atoms with van der Waals surface area (Å²) in [5, 5.41) is 2.61. The third kappa shape index (κ3) is 5.30. The molecule has 0 unspecified atom stereocenters. The Hall–Kier alpha value is -6.90. The Kier molecular flexibility index (Phi) is 7.18. The summed E-state index contributed by atoms with van der Waals surface area (Å²) in [5.74, 6) is 0.703. The van der Waals surface area contributed by atoms with Gasteiger partial charge in [0.05, 0.1) is 11.4 Å². The van der Waals surface area contributed by atoms with Gasteiger partial charge in [-0.15, -0.1) is 0 Å². The third-order valence-electron chi connectivity index (χ3n) is 10.3. The lowest BCUT2D eigenvalue weighted by molar-refractivity contribution is 1.18. The Labute approximate surface area is 303 Å². The normalized spacial score (nSPS) is 11.5. The van der Waals surface area contributed by atoms with Crippen LogP contribution in [0.2, 0.25) is 0 Å². The Balaban J connectivity index is 1.04. The molecule has 242 valence electrons. The smallest absolute Gasteiger partial charge is 0.160 e. The second-order valence-corrected chi connectivity index (χ2v) is 13.4. The molecule has 0 spiro atoms. The summed E-state index contributed by atoms with van der Waals surface area (Å²) in [6.45, 7) is 0. The maximum absolute atomic E-state index is 5.16. The van der Waals surface area contributed by atoms with Crippen molar-refractivity contribution in [3.05, 3.63) is 194 Å². The Morgan fingerprint density at radius 3 is 1.23 bits per heavy atom. The molecular weight excluding hydrogens is 629 g/mol. The van der Waals surface area contributed by atoms with Gasteiger partial charge in [0, 0.05) is 16.7 Å². The molecular formula is C50H32N2. The lowest BCUT2D eigenvalue weighted by atomic mass is 9.95. The first-order chi connectivity index (χ1) is 25.7. The molecule has 0 saturated carbocycles. The summed E-state index contributed by atoms with van der Waals surface area (Å²) in [7, 11) is 0. The number of aromatic nitrogens is 2. The molecule has 9 aromatic rings. The van der Waals surface area contributed by atoms with Gasteiger partial charge in [-0.1, -0.05) is 176 Å². The molecule has 1 heterocycles. The fourth-order valence-corrected chi connectivity index (χ4v) is 7.60. The van der Waals surface area contributed by atoms with Gasteiger partial charge in [0.25, 0.3) is 0 Å². The fraction of sp³-hybridized carbons (Fsp3) is 0. The van der Waals surface area contributed by atoms with Crippen molar-refractivity contribution in [2.75, 3.05) is 0 Å². The average molecular weight is 661 g/mol. The highest BCUT2D eigenvalue weighted by Gasteiger charge is 2.21. The van der Waals surface area contributed by atoms with Gasteiger partial charge in [0.15, 0.2) is 5.82 Å². The highest BCUT2D eigenvalue weighted by Crippen LogP contribution is 2.48. The minimum absolute atomic E-state index is 0.703. The summed E-state index contributed by atoms with van der Waals surface area (Å²) < 4.78 is 0. The zero-order valence-corrected chi connectivity index (χ0v) is 28.4. The number of hydrogen-bond acceptors (Lipinski definition) is 2. The van der Waals surface area contributed by atoms with Gasteiger partial charge in [-0.3, -0.25) is 0 Å². The van der Waals surface area contributed by atoms with Crippen molar-refractivity contribution in [3.63, 3.8) is 0 Å². The molecule has 1 aromatic heterocycles. The molecule has 2 nitrogen and oxygen atoms in total. The van der Waals surface area contributed by atoms with Crippen LogP contribution >= 0.6 is 0 Å². The van der Waals surface area contributed by atoms with Crippen molar-refractivity contribution in [3.8, 4) is 89.5 Å². The van der Waals surface area contributed by atoms with Crippen LogP contribution in [0, 0.1) is 0 Å². The van der Waals surface area contributed by atoms with Crippen LogP contribution in [-0.4, -0.2) is 9.97 Å². The predicted molar refractivity (Wildman–Crippen MR) is 217 cm³/mol. The van der Waals surface area contributed by atoms with Crippen LogP contribution in [0.5, 0.6) is 0 Å². The first kappa shape index (κ1) is 30.0. The van der Waals surface area contributed by atoms with E-state index in [1.54, 1.807) is 0 Å². The molecule has 0 N–H and O–H groups in total. The maximum atomic E-state index is 5.16. The number of rotatable bonds is 6. The van der Waals surface area contributed by atoms with Crippen molar-refractivity contribution in [2.24, 2.45) is 0 Å². The summed E-state index contributed by atoms with van der Waals surface area (Å²) in [5.41, 5.74) is 17.2.